The molecular weight excluding hydrogens is 384 g/mol. The Morgan fingerprint density at radius 1 is 1.07 bits per heavy atom. The Morgan fingerprint density at radius 2 is 1.83 bits per heavy atom. The van der Waals surface area contributed by atoms with E-state index in [1.807, 2.05) is 50.5 Å². The zero-order chi connectivity index (χ0) is 20.6. The Hall–Kier alpha value is -2.77. The van der Waals surface area contributed by atoms with Crippen LogP contribution in [-0.2, 0) is 23.0 Å². The average Bonchev–Trinajstić information content (AvgIpc) is 2.69. The third kappa shape index (κ3) is 4.16. The minimum Gasteiger partial charge on any atom is -0.355 e. The number of aromatic nitrogens is 2. The van der Waals surface area contributed by atoms with Crippen molar-refractivity contribution in [3.8, 4) is 11.4 Å². The molecule has 1 aliphatic rings. The first-order chi connectivity index (χ1) is 13.8. The SMILES string of the molecule is Cc1cnc(-c2cc(Nc3cccc4c3CCN(S(C)(=O)=O)C4)ccc2C)nc1. The summed E-state index contributed by atoms with van der Waals surface area (Å²) in [4.78, 5) is 8.92. The smallest absolute Gasteiger partial charge is 0.211 e. The summed E-state index contributed by atoms with van der Waals surface area (Å²) in [5.41, 5.74) is 7.30. The second-order valence-electron chi connectivity index (χ2n) is 7.53. The van der Waals surface area contributed by atoms with Crippen molar-refractivity contribution in [2.24, 2.45) is 0 Å². The molecule has 0 saturated heterocycles. The number of anilines is 2. The molecule has 0 aliphatic carbocycles. The largest absolute Gasteiger partial charge is 0.355 e. The number of hydrogen-bond donors (Lipinski definition) is 1. The van der Waals surface area contributed by atoms with Gasteiger partial charge in [0.15, 0.2) is 5.82 Å². The van der Waals surface area contributed by atoms with Crippen LogP contribution in [0.15, 0.2) is 48.8 Å². The van der Waals surface area contributed by atoms with E-state index in [2.05, 4.69) is 27.4 Å². The summed E-state index contributed by atoms with van der Waals surface area (Å²) in [6, 6.07) is 12.2. The molecule has 29 heavy (non-hydrogen) atoms. The highest BCUT2D eigenvalue weighted by molar-refractivity contribution is 7.88. The third-order valence-electron chi connectivity index (χ3n) is 5.24. The van der Waals surface area contributed by atoms with Crippen LogP contribution in [0.4, 0.5) is 11.4 Å². The molecule has 1 aromatic heterocycles. The summed E-state index contributed by atoms with van der Waals surface area (Å²) in [5, 5.41) is 3.51. The van der Waals surface area contributed by atoms with Crippen LogP contribution in [-0.4, -0.2) is 35.5 Å². The second-order valence-corrected chi connectivity index (χ2v) is 9.51. The number of nitrogens with one attached hydrogen (secondary N) is 1. The van der Waals surface area contributed by atoms with E-state index >= 15 is 0 Å². The predicted octanol–water partition coefficient (Wildman–Crippen LogP) is 3.82. The Bertz CT molecular complexity index is 1160. The molecule has 0 fully saturated rings. The van der Waals surface area contributed by atoms with E-state index in [-0.39, 0.29) is 0 Å². The fourth-order valence-electron chi connectivity index (χ4n) is 3.61. The Morgan fingerprint density at radius 3 is 2.55 bits per heavy atom. The highest BCUT2D eigenvalue weighted by Crippen LogP contribution is 2.31. The van der Waals surface area contributed by atoms with Gasteiger partial charge in [0.25, 0.3) is 0 Å². The zero-order valence-electron chi connectivity index (χ0n) is 16.8. The lowest BCUT2D eigenvalue weighted by Gasteiger charge is -2.28. The molecule has 6 nitrogen and oxygen atoms in total. The summed E-state index contributed by atoms with van der Waals surface area (Å²) >= 11 is 0. The van der Waals surface area contributed by atoms with Crippen LogP contribution in [0.1, 0.15) is 22.3 Å². The van der Waals surface area contributed by atoms with Crippen LogP contribution in [0.2, 0.25) is 0 Å². The fourth-order valence-corrected chi connectivity index (χ4v) is 4.41. The first-order valence-electron chi connectivity index (χ1n) is 9.54. The van der Waals surface area contributed by atoms with Gasteiger partial charge >= 0.3 is 0 Å². The number of fused-ring (bicyclic) bond motifs is 1. The summed E-state index contributed by atoms with van der Waals surface area (Å²) < 4.78 is 25.3. The molecule has 0 radical (unpaired) electrons. The molecule has 150 valence electrons. The zero-order valence-corrected chi connectivity index (χ0v) is 17.6. The van der Waals surface area contributed by atoms with Gasteiger partial charge in [0, 0.05) is 42.4 Å². The van der Waals surface area contributed by atoms with Crippen molar-refractivity contribution in [2.45, 2.75) is 26.8 Å². The maximum absolute atomic E-state index is 11.9. The van der Waals surface area contributed by atoms with Crippen molar-refractivity contribution in [1.82, 2.24) is 14.3 Å². The van der Waals surface area contributed by atoms with E-state index in [0.717, 1.165) is 33.6 Å². The van der Waals surface area contributed by atoms with Gasteiger partial charge in [-0.1, -0.05) is 18.2 Å². The average molecular weight is 409 g/mol. The minimum absolute atomic E-state index is 0.417. The molecule has 1 aliphatic heterocycles. The van der Waals surface area contributed by atoms with Gasteiger partial charge in [0.2, 0.25) is 10.0 Å². The molecule has 4 rings (SSSR count). The minimum atomic E-state index is -3.19. The van der Waals surface area contributed by atoms with Crippen molar-refractivity contribution in [1.29, 1.82) is 0 Å². The molecule has 1 N–H and O–H groups in total. The maximum atomic E-state index is 11.9. The Kier molecular flexibility index (Phi) is 5.10. The van der Waals surface area contributed by atoms with Gasteiger partial charge in [-0.25, -0.2) is 18.4 Å². The molecule has 0 saturated carbocycles. The van der Waals surface area contributed by atoms with Crippen LogP contribution in [0.3, 0.4) is 0 Å². The van der Waals surface area contributed by atoms with Gasteiger partial charge in [0.1, 0.15) is 0 Å². The van der Waals surface area contributed by atoms with E-state index in [1.54, 1.807) is 0 Å². The Balaban J connectivity index is 1.64. The van der Waals surface area contributed by atoms with Crippen LogP contribution in [0.5, 0.6) is 0 Å². The number of hydrogen-bond acceptors (Lipinski definition) is 5. The highest BCUT2D eigenvalue weighted by atomic mass is 32.2. The van der Waals surface area contributed by atoms with Crippen molar-refractivity contribution in [3.63, 3.8) is 0 Å². The number of nitrogens with zero attached hydrogens (tertiary/aromatic N) is 3. The number of sulfonamides is 1. The molecule has 7 heteroatoms. The topological polar surface area (TPSA) is 75.2 Å². The van der Waals surface area contributed by atoms with E-state index in [9.17, 15) is 8.42 Å². The van der Waals surface area contributed by atoms with Gasteiger partial charge in [-0.2, -0.15) is 4.31 Å². The van der Waals surface area contributed by atoms with Crippen molar-refractivity contribution in [2.75, 3.05) is 18.1 Å². The van der Waals surface area contributed by atoms with E-state index in [1.165, 1.54) is 16.1 Å². The van der Waals surface area contributed by atoms with Gasteiger partial charge in [0.05, 0.1) is 6.26 Å². The first kappa shape index (κ1) is 19.5. The number of rotatable bonds is 4. The number of benzene rings is 2. The van der Waals surface area contributed by atoms with Crippen molar-refractivity contribution in [3.05, 3.63) is 71.0 Å². The molecule has 0 unspecified atom stereocenters. The van der Waals surface area contributed by atoms with E-state index in [4.69, 9.17) is 0 Å². The Labute approximate surface area is 171 Å². The first-order valence-corrected chi connectivity index (χ1v) is 11.4. The predicted molar refractivity (Wildman–Crippen MR) is 116 cm³/mol. The third-order valence-corrected chi connectivity index (χ3v) is 6.49. The lowest BCUT2D eigenvalue weighted by atomic mass is 9.98. The molecule has 0 spiro atoms. The van der Waals surface area contributed by atoms with Gasteiger partial charge in [-0.05, 0) is 60.7 Å². The standard InChI is InChI=1S/C22H24N4O2S/c1-15-12-23-22(24-13-15)20-11-18(8-7-16(20)2)25-21-6-4-5-17-14-26(29(3,27)28)10-9-19(17)21/h4-8,11-13,25H,9-10,14H2,1-3H3. The monoisotopic (exact) mass is 408 g/mol. The van der Waals surface area contributed by atoms with Crippen LogP contribution < -0.4 is 5.32 Å². The fraction of sp³-hybridized carbons (Fsp3) is 0.273. The normalized spacial score (nSPS) is 14.4. The molecule has 2 aromatic carbocycles. The highest BCUT2D eigenvalue weighted by Gasteiger charge is 2.24. The van der Waals surface area contributed by atoms with Crippen LogP contribution in [0, 0.1) is 13.8 Å². The molecule has 3 aromatic rings. The lowest BCUT2D eigenvalue weighted by Crippen LogP contribution is -2.35. The molecule has 0 bridgehead atoms. The second kappa shape index (κ2) is 7.57. The summed E-state index contributed by atoms with van der Waals surface area (Å²) in [6.07, 6.45) is 5.60. The van der Waals surface area contributed by atoms with Gasteiger partial charge in [-0.3, -0.25) is 0 Å². The van der Waals surface area contributed by atoms with Crippen molar-refractivity contribution < 1.29 is 8.42 Å². The summed E-state index contributed by atoms with van der Waals surface area (Å²) in [7, 11) is -3.19. The molecule has 2 heterocycles. The van der Waals surface area contributed by atoms with E-state index < -0.39 is 10.0 Å². The van der Waals surface area contributed by atoms with Crippen LogP contribution in [0.25, 0.3) is 11.4 Å². The summed E-state index contributed by atoms with van der Waals surface area (Å²) in [6.45, 7) is 4.94. The molecular formula is C22H24N4O2S. The maximum Gasteiger partial charge on any atom is 0.211 e. The molecule has 0 amide bonds. The van der Waals surface area contributed by atoms with Crippen LogP contribution >= 0.6 is 0 Å². The lowest BCUT2D eigenvalue weighted by molar-refractivity contribution is 0.395. The van der Waals surface area contributed by atoms with E-state index in [0.29, 0.717) is 25.3 Å². The van der Waals surface area contributed by atoms with Gasteiger partial charge in [-0.15, -0.1) is 0 Å². The number of aryl methyl sites for hydroxylation is 2. The summed E-state index contributed by atoms with van der Waals surface area (Å²) in [5.74, 6) is 0.704. The van der Waals surface area contributed by atoms with Crippen molar-refractivity contribution >= 4 is 21.4 Å². The molecule has 0 atom stereocenters. The van der Waals surface area contributed by atoms with Gasteiger partial charge < -0.3 is 5.32 Å². The quantitative estimate of drug-likeness (QED) is 0.710.